The van der Waals surface area contributed by atoms with Crippen molar-refractivity contribution in [2.24, 2.45) is 0 Å². The molecule has 2 aliphatic heterocycles. The number of carbonyl (C=O) groups is 2. The van der Waals surface area contributed by atoms with Crippen molar-refractivity contribution in [3.05, 3.63) is 98.4 Å². The zero-order valence-electron chi connectivity index (χ0n) is 21.9. The van der Waals surface area contributed by atoms with Gasteiger partial charge >= 0.3 is 11.9 Å². The third-order valence-corrected chi connectivity index (χ3v) is 7.18. The highest BCUT2D eigenvalue weighted by Gasteiger charge is 2.38. The average molecular weight is 520 g/mol. The van der Waals surface area contributed by atoms with Crippen molar-refractivity contribution in [3.63, 3.8) is 0 Å². The standard InChI is InChI=1S/C29H33N3O6/c1-19-25(28(33)37-3)27(22-12-9-14-23(16-22)32(35)36)26(20(2)30-19)29(34)38-18-24-13-7-8-15-31(24)17-21-10-5-4-6-11-21/h4-6,9-12,14,16,24,27,30H,7-8,13,15,17-18H2,1-3H3. The third-order valence-electron chi connectivity index (χ3n) is 7.18. The van der Waals surface area contributed by atoms with Crippen LogP contribution < -0.4 is 5.32 Å². The van der Waals surface area contributed by atoms with Gasteiger partial charge in [0.25, 0.3) is 5.69 Å². The molecule has 2 heterocycles. The van der Waals surface area contributed by atoms with E-state index < -0.39 is 22.8 Å². The van der Waals surface area contributed by atoms with Crippen LogP contribution in [0.25, 0.3) is 0 Å². The van der Waals surface area contributed by atoms with Crippen LogP contribution in [0.3, 0.4) is 0 Å². The lowest BCUT2D eigenvalue weighted by Gasteiger charge is -2.36. The zero-order chi connectivity index (χ0) is 27.2. The Hall–Kier alpha value is -3.98. The molecule has 2 aliphatic rings. The predicted octanol–water partition coefficient (Wildman–Crippen LogP) is 4.60. The number of hydrogen-bond donors (Lipinski definition) is 1. The molecule has 0 saturated carbocycles. The van der Waals surface area contributed by atoms with Crippen LogP contribution in [0.2, 0.25) is 0 Å². The van der Waals surface area contributed by atoms with Gasteiger partial charge in [-0.1, -0.05) is 48.9 Å². The van der Waals surface area contributed by atoms with Gasteiger partial charge in [-0.05, 0) is 44.4 Å². The van der Waals surface area contributed by atoms with E-state index in [0.717, 1.165) is 32.4 Å². The van der Waals surface area contributed by atoms with Crippen molar-refractivity contribution in [1.29, 1.82) is 0 Å². The molecule has 0 radical (unpaired) electrons. The number of dihydropyridines is 1. The Labute approximate surface area is 222 Å². The molecule has 0 aliphatic carbocycles. The van der Waals surface area contributed by atoms with Crippen molar-refractivity contribution in [2.75, 3.05) is 20.3 Å². The number of piperidine rings is 1. The Bertz CT molecular complexity index is 1270. The lowest BCUT2D eigenvalue weighted by molar-refractivity contribution is -0.384. The van der Waals surface area contributed by atoms with E-state index in [1.807, 2.05) is 18.2 Å². The second-order valence-corrected chi connectivity index (χ2v) is 9.68. The van der Waals surface area contributed by atoms with Crippen molar-refractivity contribution in [3.8, 4) is 0 Å². The third kappa shape index (κ3) is 5.94. The highest BCUT2D eigenvalue weighted by Crippen LogP contribution is 2.40. The van der Waals surface area contributed by atoms with Crippen LogP contribution in [0.1, 0.15) is 50.2 Å². The van der Waals surface area contributed by atoms with E-state index in [2.05, 4.69) is 22.3 Å². The minimum Gasteiger partial charge on any atom is -0.466 e. The van der Waals surface area contributed by atoms with Crippen molar-refractivity contribution < 1.29 is 24.0 Å². The molecule has 0 bridgehead atoms. The van der Waals surface area contributed by atoms with Crippen LogP contribution in [0.4, 0.5) is 5.69 Å². The van der Waals surface area contributed by atoms with Crippen LogP contribution in [0.5, 0.6) is 0 Å². The fraction of sp³-hybridized carbons (Fsp3) is 0.379. The summed E-state index contributed by atoms with van der Waals surface area (Å²) in [7, 11) is 1.26. The molecular weight excluding hydrogens is 486 g/mol. The van der Waals surface area contributed by atoms with Gasteiger partial charge in [-0.15, -0.1) is 0 Å². The van der Waals surface area contributed by atoms with Crippen molar-refractivity contribution >= 4 is 17.6 Å². The van der Waals surface area contributed by atoms with Gasteiger partial charge in [-0.3, -0.25) is 15.0 Å². The molecule has 2 aromatic carbocycles. The van der Waals surface area contributed by atoms with E-state index in [4.69, 9.17) is 9.47 Å². The first kappa shape index (κ1) is 27.1. The van der Waals surface area contributed by atoms with Gasteiger partial charge in [0.05, 0.1) is 29.1 Å². The van der Waals surface area contributed by atoms with E-state index in [9.17, 15) is 19.7 Å². The first-order valence-electron chi connectivity index (χ1n) is 12.8. The van der Waals surface area contributed by atoms with Gasteiger partial charge in [0, 0.05) is 36.1 Å². The Kier molecular flexibility index (Phi) is 8.58. The van der Waals surface area contributed by atoms with Crippen LogP contribution in [-0.2, 0) is 25.6 Å². The maximum Gasteiger partial charge on any atom is 0.336 e. The molecule has 2 unspecified atom stereocenters. The topological polar surface area (TPSA) is 111 Å². The molecule has 1 saturated heterocycles. The number of esters is 2. The van der Waals surface area contributed by atoms with Crippen LogP contribution >= 0.6 is 0 Å². The summed E-state index contributed by atoms with van der Waals surface area (Å²) in [4.78, 5) is 39.8. The molecule has 2 aromatic rings. The number of allylic oxidation sites excluding steroid dienone is 2. The summed E-state index contributed by atoms with van der Waals surface area (Å²) in [5.41, 5.74) is 3.01. The summed E-state index contributed by atoms with van der Waals surface area (Å²) in [6.45, 7) is 5.36. The molecular formula is C29H33N3O6. The summed E-state index contributed by atoms with van der Waals surface area (Å²) >= 11 is 0. The number of rotatable bonds is 8. The lowest BCUT2D eigenvalue weighted by atomic mass is 9.80. The number of nitro benzene ring substituents is 1. The zero-order valence-corrected chi connectivity index (χ0v) is 21.9. The maximum atomic E-state index is 13.6. The number of non-ortho nitro benzene ring substituents is 1. The Balaban J connectivity index is 1.60. The lowest BCUT2D eigenvalue weighted by Crippen LogP contribution is -2.42. The van der Waals surface area contributed by atoms with Crippen LogP contribution in [-0.4, -0.2) is 48.1 Å². The number of hydrogen-bond acceptors (Lipinski definition) is 8. The van der Waals surface area contributed by atoms with Crippen molar-refractivity contribution in [2.45, 2.75) is 51.6 Å². The molecule has 200 valence electrons. The fourth-order valence-corrected chi connectivity index (χ4v) is 5.32. The Morgan fingerprint density at radius 3 is 2.42 bits per heavy atom. The summed E-state index contributed by atoms with van der Waals surface area (Å²) in [6, 6.07) is 16.2. The van der Waals surface area contributed by atoms with Gasteiger partial charge in [0.2, 0.25) is 0 Å². The Morgan fingerprint density at radius 2 is 1.74 bits per heavy atom. The minimum atomic E-state index is -0.872. The van der Waals surface area contributed by atoms with Gasteiger partial charge in [-0.2, -0.15) is 0 Å². The van der Waals surface area contributed by atoms with Crippen molar-refractivity contribution in [1.82, 2.24) is 10.2 Å². The van der Waals surface area contributed by atoms with Crippen LogP contribution in [0, 0.1) is 10.1 Å². The second-order valence-electron chi connectivity index (χ2n) is 9.68. The Morgan fingerprint density at radius 1 is 1.03 bits per heavy atom. The molecule has 0 aromatic heterocycles. The van der Waals surface area contributed by atoms with Gasteiger partial charge in [0.15, 0.2) is 0 Å². The number of nitrogens with one attached hydrogen (secondary N) is 1. The maximum absolute atomic E-state index is 13.6. The fourth-order valence-electron chi connectivity index (χ4n) is 5.32. The summed E-state index contributed by atoms with van der Waals surface area (Å²) < 4.78 is 10.9. The largest absolute Gasteiger partial charge is 0.466 e. The molecule has 1 fully saturated rings. The molecule has 0 spiro atoms. The molecule has 1 N–H and O–H groups in total. The summed E-state index contributed by atoms with van der Waals surface area (Å²) in [5, 5.41) is 14.6. The SMILES string of the molecule is COC(=O)C1=C(C)NC(C)=C(C(=O)OCC2CCCCN2Cc2ccccc2)C1c1cccc([N+](=O)[O-])c1. The number of nitro groups is 1. The smallest absolute Gasteiger partial charge is 0.336 e. The number of likely N-dealkylation sites (tertiary alicyclic amines) is 1. The molecule has 0 amide bonds. The van der Waals surface area contributed by atoms with Gasteiger partial charge in [-0.25, -0.2) is 9.59 Å². The molecule has 4 rings (SSSR count). The van der Waals surface area contributed by atoms with Gasteiger partial charge < -0.3 is 14.8 Å². The first-order chi connectivity index (χ1) is 18.3. The van der Waals surface area contributed by atoms with E-state index >= 15 is 0 Å². The highest BCUT2D eigenvalue weighted by atomic mass is 16.6. The first-order valence-corrected chi connectivity index (χ1v) is 12.8. The van der Waals surface area contributed by atoms with Gasteiger partial charge in [0.1, 0.15) is 6.61 Å². The summed E-state index contributed by atoms with van der Waals surface area (Å²) in [5.74, 6) is -2.06. The van der Waals surface area contributed by atoms with E-state index in [1.165, 1.54) is 24.8 Å². The number of nitrogens with zero attached hydrogens (tertiary/aromatic N) is 2. The summed E-state index contributed by atoms with van der Waals surface area (Å²) in [6.07, 6.45) is 3.06. The molecule has 38 heavy (non-hydrogen) atoms. The number of carbonyl (C=O) groups excluding carboxylic acids is 2. The monoisotopic (exact) mass is 519 g/mol. The van der Waals surface area contributed by atoms with E-state index in [-0.39, 0.29) is 29.5 Å². The minimum absolute atomic E-state index is 0.0685. The quantitative estimate of drug-likeness (QED) is 0.306. The van der Waals surface area contributed by atoms with E-state index in [0.29, 0.717) is 17.0 Å². The van der Waals surface area contributed by atoms with E-state index in [1.54, 1.807) is 26.0 Å². The molecule has 9 nitrogen and oxygen atoms in total. The van der Waals surface area contributed by atoms with Crippen LogP contribution in [0.15, 0.2) is 77.1 Å². The molecule has 9 heteroatoms. The number of benzene rings is 2. The number of ether oxygens (including phenoxy) is 2. The highest BCUT2D eigenvalue weighted by molar-refractivity contribution is 5.99. The normalized spacial score (nSPS) is 20.1. The number of methoxy groups -OCH3 is 1. The predicted molar refractivity (Wildman–Crippen MR) is 142 cm³/mol. The average Bonchev–Trinajstić information content (AvgIpc) is 2.92. The molecule has 2 atom stereocenters. The second kappa shape index (κ2) is 12.0.